The molecule has 1 fully saturated rings. The van der Waals surface area contributed by atoms with E-state index in [4.69, 9.17) is 9.47 Å². The Morgan fingerprint density at radius 1 is 1.02 bits per heavy atom. The minimum absolute atomic E-state index is 0.00850. The molecule has 2 aromatic heterocycles. The Hall–Kier alpha value is -4.84. The Balaban J connectivity index is 1.27. The van der Waals surface area contributed by atoms with Crippen molar-refractivity contribution in [3.63, 3.8) is 0 Å². The first kappa shape index (κ1) is 28.3. The van der Waals surface area contributed by atoms with Crippen LogP contribution in [-0.4, -0.2) is 43.3 Å². The van der Waals surface area contributed by atoms with Crippen LogP contribution in [0.1, 0.15) is 39.3 Å². The second-order valence-electron chi connectivity index (χ2n) is 10.3. The van der Waals surface area contributed by atoms with Gasteiger partial charge in [0.25, 0.3) is 5.88 Å². The summed E-state index contributed by atoms with van der Waals surface area (Å²) in [5.74, 6) is -4.34. The smallest absolute Gasteiger partial charge is 0.335 e. The predicted molar refractivity (Wildman–Crippen MR) is 147 cm³/mol. The Morgan fingerprint density at radius 3 is 2.53 bits per heavy atom. The van der Waals surface area contributed by atoms with Crippen molar-refractivity contribution < 1.29 is 36.9 Å². The number of carboxylic acid groups (broad SMARTS) is 1. The van der Waals surface area contributed by atoms with Crippen molar-refractivity contribution in [3.8, 4) is 17.3 Å². The lowest BCUT2D eigenvalue weighted by Crippen LogP contribution is -2.31. The van der Waals surface area contributed by atoms with E-state index < -0.39 is 35.1 Å². The van der Waals surface area contributed by atoms with Gasteiger partial charge in [-0.05, 0) is 54.8 Å². The van der Waals surface area contributed by atoms with E-state index in [1.807, 2.05) is 0 Å². The summed E-state index contributed by atoms with van der Waals surface area (Å²) in [6.07, 6.45) is 1.59. The van der Waals surface area contributed by atoms with Gasteiger partial charge >= 0.3 is 5.97 Å². The van der Waals surface area contributed by atoms with Crippen LogP contribution < -0.4 is 4.74 Å². The molecule has 6 rings (SSSR count). The van der Waals surface area contributed by atoms with Crippen LogP contribution in [0, 0.1) is 30.2 Å². The van der Waals surface area contributed by atoms with Crippen LogP contribution in [0.3, 0.4) is 0 Å². The number of aromatic nitrogens is 4. The molecule has 220 valence electrons. The molecule has 1 atom stereocenters. The third-order valence-electron chi connectivity index (χ3n) is 7.23. The van der Waals surface area contributed by atoms with Gasteiger partial charge in [0.1, 0.15) is 29.6 Å². The molecule has 1 saturated heterocycles. The lowest BCUT2D eigenvalue weighted by atomic mass is 10.1. The molecular weight excluding hydrogens is 568 g/mol. The molecule has 0 spiro atoms. The first-order valence-electron chi connectivity index (χ1n) is 13.4. The summed E-state index contributed by atoms with van der Waals surface area (Å²) in [6.45, 7) is 2.37. The summed E-state index contributed by atoms with van der Waals surface area (Å²) in [5, 5.41) is 9.41. The lowest BCUT2D eigenvalue weighted by Gasteiger charge is -2.27. The second-order valence-corrected chi connectivity index (χ2v) is 10.3. The fraction of sp³-hybridized carbons (Fsp3) is 0.226. The van der Waals surface area contributed by atoms with Gasteiger partial charge in [-0.1, -0.05) is 18.2 Å². The molecule has 12 heteroatoms. The van der Waals surface area contributed by atoms with Crippen LogP contribution in [0.25, 0.3) is 22.4 Å². The maximum absolute atomic E-state index is 15.4. The van der Waals surface area contributed by atoms with Crippen LogP contribution in [-0.2, 0) is 24.3 Å². The fourth-order valence-corrected chi connectivity index (χ4v) is 4.85. The number of hydrogen-bond donors (Lipinski definition) is 1. The fourth-order valence-electron chi connectivity index (χ4n) is 4.85. The zero-order valence-electron chi connectivity index (χ0n) is 22.8. The molecule has 0 amide bonds. The molecule has 1 unspecified atom stereocenters. The van der Waals surface area contributed by atoms with Crippen LogP contribution in [0.2, 0.25) is 0 Å². The van der Waals surface area contributed by atoms with Gasteiger partial charge in [0, 0.05) is 18.6 Å². The first-order valence-corrected chi connectivity index (χ1v) is 13.4. The summed E-state index contributed by atoms with van der Waals surface area (Å²) >= 11 is 0. The standard InChI is InChI=1S/C31H24F4N4O4/c1-16-2-4-18(22(32)8-16)15-43-30-25(35)13-36-29(38-30)21-5-3-17(9-23(21)33)10-27-37-28-24(34)11-19(31(40)41)12-26(28)39(27)14-20-6-7-42-20/h2-5,8-9,11-13,20H,6-7,10,14-15H2,1H3,(H,40,41). The van der Waals surface area contributed by atoms with Crippen LogP contribution in [0.4, 0.5) is 17.6 Å². The number of nitrogens with zero attached hydrogens (tertiary/aromatic N) is 4. The number of ether oxygens (including phenoxy) is 2. The maximum Gasteiger partial charge on any atom is 0.335 e. The molecule has 3 heterocycles. The Labute approximate surface area is 242 Å². The third kappa shape index (κ3) is 5.78. The molecule has 0 saturated carbocycles. The average Bonchev–Trinajstić information content (AvgIpc) is 3.28. The SMILES string of the molecule is Cc1ccc(COc2nc(-c3ccc(Cc4nc5c(F)cc(C(=O)O)cc5n4CC4CCO4)cc3F)ncc2F)c(F)c1. The van der Waals surface area contributed by atoms with Gasteiger partial charge in [-0.3, -0.25) is 0 Å². The number of carboxylic acids is 1. The van der Waals surface area contributed by atoms with E-state index in [9.17, 15) is 23.1 Å². The Morgan fingerprint density at radius 2 is 1.84 bits per heavy atom. The summed E-state index contributed by atoms with van der Waals surface area (Å²) < 4.78 is 71.4. The summed E-state index contributed by atoms with van der Waals surface area (Å²) in [6, 6.07) is 11.1. The summed E-state index contributed by atoms with van der Waals surface area (Å²) in [5.41, 5.74) is 1.49. The molecule has 1 aliphatic rings. The number of benzene rings is 3. The number of halogens is 4. The molecule has 1 N–H and O–H groups in total. The van der Waals surface area contributed by atoms with E-state index in [1.54, 1.807) is 23.6 Å². The highest BCUT2D eigenvalue weighted by atomic mass is 19.1. The van der Waals surface area contributed by atoms with E-state index >= 15 is 4.39 Å². The lowest BCUT2D eigenvalue weighted by molar-refractivity contribution is -0.0589. The normalized spacial score (nSPS) is 14.6. The number of hydrogen-bond acceptors (Lipinski definition) is 6. The van der Waals surface area contributed by atoms with E-state index in [0.29, 0.717) is 30.1 Å². The minimum Gasteiger partial charge on any atom is -0.478 e. The van der Waals surface area contributed by atoms with Crippen molar-refractivity contribution in [2.75, 3.05) is 6.61 Å². The van der Waals surface area contributed by atoms with Crippen molar-refractivity contribution >= 4 is 17.0 Å². The number of aryl methyl sites for hydroxylation is 1. The summed E-state index contributed by atoms with van der Waals surface area (Å²) in [7, 11) is 0. The minimum atomic E-state index is -1.27. The van der Waals surface area contributed by atoms with Gasteiger partial charge in [0.05, 0.1) is 35.5 Å². The molecular formula is C31H24F4N4O4. The highest BCUT2D eigenvalue weighted by Crippen LogP contribution is 2.28. The zero-order valence-corrected chi connectivity index (χ0v) is 22.8. The van der Waals surface area contributed by atoms with Gasteiger partial charge in [0.15, 0.2) is 11.6 Å². The van der Waals surface area contributed by atoms with Crippen LogP contribution in [0.5, 0.6) is 5.88 Å². The topological polar surface area (TPSA) is 99.4 Å². The van der Waals surface area contributed by atoms with E-state index in [-0.39, 0.29) is 47.2 Å². The number of carbonyl (C=O) groups is 1. The summed E-state index contributed by atoms with van der Waals surface area (Å²) in [4.78, 5) is 23.8. The maximum atomic E-state index is 15.4. The molecule has 1 aliphatic heterocycles. The van der Waals surface area contributed by atoms with Crippen LogP contribution in [0.15, 0.2) is 54.7 Å². The van der Waals surface area contributed by atoms with Crippen molar-refractivity contribution in [1.82, 2.24) is 19.5 Å². The highest BCUT2D eigenvalue weighted by Gasteiger charge is 2.24. The van der Waals surface area contributed by atoms with Crippen LogP contribution >= 0.6 is 0 Å². The average molecular weight is 593 g/mol. The molecule has 3 aromatic carbocycles. The first-order chi connectivity index (χ1) is 20.7. The zero-order chi connectivity index (χ0) is 30.2. The number of rotatable bonds is 9. The quantitative estimate of drug-likeness (QED) is 0.209. The molecule has 43 heavy (non-hydrogen) atoms. The van der Waals surface area contributed by atoms with E-state index in [0.717, 1.165) is 24.2 Å². The van der Waals surface area contributed by atoms with Gasteiger partial charge in [-0.2, -0.15) is 9.37 Å². The second kappa shape index (κ2) is 11.4. The van der Waals surface area contributed by atoms with Gasteiger partial charge < -0.3 is 19.1 Å². The molecule has 0 bridgehead atoms. The van der Waals surface area contributed by atoms with Crippen molar-refractivity contribution in [2.45, 2.75) is 39.0 Å². The van der Waals surface area contributed by atoms with Crippen molar-refractivity contribution in [3.05, 3.63) is 106 Å². The molecule has 0 radical (unpaired) electrons. The number of fused-ring (bicyclic) bond motifs is 1. The number of imidazole rings is 1. The molecule has 0 aliphatic carbocycles. The van der Waals surface area contributed by atoms with E-state index in [1.165, 1.54) is 30.3 Å². The van der Waals surface area contributed by atoms with Gasteiger partial charge in [-0.25, -0.2) is 27.9 Å². The van der Waals surface area contributed by atoms with E-state index in [2.05, 4.69) is 15.0 Å². The van der Waals surface area contributed by atoms with Gasteiger partial charge in [0.2, 0.25) is 5.82 Å². The van der Waals surface area contributed by atoms with Crippen molar-refractivity contribution in [2.24, 2.45) is 0 Å². The van der Waals surface area contributed by atoms with Crippen molar-refractivity contribution in [1.29, 1.82) is 0 Å². The number of aromatic carboxylic acids is 1. The largest absolute Gasteiger partial charge is 0.478 e. The Bertz CT molecular complexity index is 1870. The molecule has 5 aromatic rings. The predicted octanol–water partition coefficient (Wildman–Crippen LogP) is 6.02. The highest BCUT2D eigenvalue weighted by molar-refractivity contribution is 5.92. The Kier molecular flexibility index (Phi) is 7.53. The third-order valence-corrected chi connectivity index (χ3v) is 7.23. The monoisotopic (exact) mass is 592 g/mol. The molecule has 8 nitrogen and oxygen atoms in total. The van der Waals surface area contributed by atoms with Gasteiger partial charge in [-0.15, -0.1) is 0 Å².